The minimum Gasteiger partial charge on any atom is -0.254 e. The molecular formula is C11H16OS2. The lowest BCUT2D eigenvalue weighted by atomic mass is 10.3. The van der Waals surface area contributed by atoms with Crippen LogP contribution in [-0.4, -0.2) is 15.2 Å². The van der Waals surface area contributed by atoms with Gasteiger partial charge in [-0.15, -0.1) is 11.8 Å². The van der Waals surface area contributed by atoms with Crippen LogP contribution in [0.25, 0.3) is 0 Å². The van der Waals surface area contributed by atoms with Gasteiger partial charge in [0, 0.05) is 14.5 Å². The van der Waals surface area contributed by atoms with Gasteiger partial charge in [0.1, 0.15) is 0 Å². The van der Waals surface area contributed by atoms with Crippen molar-refractivity contribution in [3.05, 3.63) is 24.3 Å². The highest BCUT2D eigenvalue weighted by molar-refractivity contribution is 7.98. The molecule has 0 aliphatic rings. The molecule has 0 heterocycles. The first-order valence-corrected chi connectivity index (χ1v) is 6.88. The Bertz CT molecular complexity index is 322. The number of rotatable bonds is 2. The second-order valence-electron chi connectivity index (χ2n) is 4.06. The van der Waals surface area contributed by atoms with Crippen molar-refractivity contribution in [2.24, 2.45) is 0 Å². The van der Waals surface area contributed by atoms with E-state index in [0.29, 0.717) is 0 Å². The van der Waals surface area contributed by atoms with Gasteiger partial charge in [-0.05, 0) is 51.3 Å². The molecular weight excluding hydrogens is 212 g/mol. The third-order valence-corrected chi connectivity index (χ3v) is 4.39. The van der Waals surface area contributed by atoms with Gasteiger partial charge < -0.3 is 0 Å². The van der Waals surface area contributed by atoms with E-state index < -0.39 is 10.8 Å². The summed E-state index contributed by atoms with van der Waals surface area (Å²) in [5.41, 5.74) is 0. The molecule has 0 aromatic heterocycles. The summed E-state index contributed by atoms with van der Waals surface area (Å²) in [6, 6.07) is 7.94. The smallest absolute Gasteiger partial charge is 0.0583 e. The molecule has 0 aliphatic heterocycles. The summed E-state index contributed by atoms with van der Waals surface area (Å²) in [6.45, 7) is 5.97. The van der Waals surface area contributed by atoms with Crippen molar-refractivity contribution in [3.63, 3.8) is 0 Å². The quantitative estimate of drug-likeness (QED) is 0.722. The standard InChI is InChI=1S/C11H16OS2/c1-11(2,3)14(12)10-7-5-9(13-4)6-8-10/h5-8H,1-4H3. The Morgan fingerprint density at radius 2 is 1.64 bits per heavy atom. The van der Waals surface area contributed by atoms with Gasteiger partial charge in [0.25, 0.3) is 0 Å². The first kappa shape index (κ1) is 11.8. The molecule has 0 N–H and O–H groups in total. The van der Waals surface area contributed by atoms with E-state index in [9.17, 15) is 4.21 Å². The van der Waals surface area contributed by atoms with Crippen LogP contribution in [0.2, 0.25) is 0 Å². The maximum Gasteiger partial charge on any atom is 0.0583 e. The summed E-state index contributed by atoms with van der Waals surface area (Å²) in [5.74, 6) is 0. The van der Waals surface area contributed by atoms with E-state index in [2.05, 4.69) is 0 Å². The lowest BCUT2D eigenvalue weighted by molar-refractivity contribution is 0.649. The summed E-state index contributed by atoms with van der Waals surface area (Å²) >= 11 is 1.70. The molecule has 0 aliphatic carbocycles. The zero-order valence-electron chi connectivity index (χ0n) is 9.03. The maximum atomic E-state index is 12.0. The Balaban J connectivity index is 2.93. The summed E-state index contributed by atoms with van der Waals surface area (Å²) in [7, 11) is -0.920. The Hall–Kier alpha value is -0.280. The summed E-state index contributed by atoms with van der Waals surface area (Å²) in [6.07, 6.45) is 2.04. The van der Waals surface area contributed by atoms with Crippen molar-refractivity contribution in [1.29, 1.82) is 0 Å². The zero-order chi connectivity index (χ0) is 10.8. The molecule has 0 spiro atoms. The van der Waals surface area contributed by atoms with E-state index in [1.54, 1.807) is 11.8 Å². The normalized spacial score (nSPS) is 14.0. The molecule has 0 saturated carbocycles. The average Bonchev–Trinajstić information content (AvgIpc) is 2.15. The van der Waals surface area contributed by atoms with Crippen LogP contribution in [0.4, 0.5) is 0 Å². The molecule has 1 aromatic rings. The highest BCUT2D eigenvalue weighted by Crippen LogP contribution is 2.22. The van der Waals surface area contributed by atoms with Crippen molar-refractivity contribution in [2.75, 3.05) is 6.26 Å². The highest BCUT2D eigenvalue weighted by Gasteiger charge is 2.20. The monoisotopic (exact) mass is 228 g/mol. The molecule has 0 radical (unpaired) electrons. The minimum atomic E-state index is -0.920. The van der Waals surface area contributed by atoms with Crippen LogP contribution >= 0.6 is 11.8 Å². The lowest BCUT2D eigenvalue weighted by Gasteiger charge is -2.17. The first-order chi connectivity index (χ1) is 6.45. The predicted octanol–water partition coefficient (Wildman–Crippen LogP) is 3.31. The van der Waals surface area contributed by atoms with Crippen molar-refractivity contribution in [2.45, 2.75) is 35.3 Å². The second kappa shape index (κ2) is 4.49. The third-order valence-electron chi connectivity index (χ3n) is 1.83. The van der Waals surface area contributed by atoms with Gasteiger partial charge in [0.05, 0.1) is 10.8 Å². The van der Waals surface area contributed by atoms with Crippen LogP contribution in [0.15, 0.2) is 34.1 Å². The fraction of sp³-hybridized carbons (Fsp3) is 0.455. The van der Waals surface area contributed by atoms with E-state index >= 15 is 0 Å². The molecule has 78 valence electrons. The van der Waals surface area contributed by atoms with E-state index in [-0.39, 0.29) is 4.75 Å². The van der Waals surface area contributed by atoms with Gasteiger partial charge in [0.15, 0.2) is 0 Å². The van der Waals surface area contributed by atoms with Crippen LogP contribution in [0.1, 0.15) is 20.8 Å². The fourth-order valence-corrected chi connectivity index (χ4v) is 2.55. The van der Waals surface area contributed by atoms with E-state index in [1.807, 2.05) is 51.3 Å². The number of hydrogen-bond donors (Lipinski definition) is 0. The highest BCUT2D eigenvalue weighted by atomic mass is 32.2. The topological polar surface area (TPSA) is 17.1 Å². The SMILES string of the molecule is CSc1ccc(S(=O)C(C)(C)C)cc1. The molecule has 1 rings (SSSR count). The van der Waals surface area contributed by atoms with E-state index in [0.717, 1.165) is 4.90 Å². The Kier molecular flexibility index (Phi) is 3.78. The number of thioether (sulfide) groups is 1. The molecule has 3 heteroatoms. The van der Waals surface area contributed by atoms with Gasteiger partial charge in [-0.2, -0.15) is 0 Å². The van der Waals surface area contributed by atoms with Crippen molar-refractivity contribution in [3.8, 4) is 0 Å². The van der Waals surface area contributed by atoms with Gasteiger partial charge in [-0.3, -0.25) is 4.21 Å². The molecule has 1 unspecified atom stereocenters. The molecule has 1 nitrogen and oxygen atoms in total. The summed E-state index contributed by atoms with van der Waals surface area (Å²) < 4.78 is 11.8. The van der Waals surface area contributed by atoms with E-state index in [4.69, 9.17) is 0 Å². The first-order valence-electron chi connectivity index (χ1n) is 4.51. The molecule has 0 bridgehead atoms. The van der Waals surface area contributed by atoms with Gasteiger partial charge in [-0.25, -0.2) is 0 Å². The van der Waals surface area contributed by atoms with Crippen LogP contribution in [0.3, 0.4) is 0 Å². The lowest BCUT2D eigenvalue weighted by Crippen LogP contribution is -2.21. The summed E-state index contributed by atoms with van der Waals surface area (Å²) in [4.78, 5) is 2.12. The van der Waals surface area contributed by atoms with Crippen molar-refractivity contribution in [1.82, 2.24) is 0 Å². The molecule has 0 saturated heterocycles. The van der Waals surface area contributed by atoms with Crippen LogP contribution in [0.5, 0.6) is 0 Å². The molecule has 14 heavy (non-hydrogen) atoms. The van der Waals surface area contributed by atoms with Crippen LogP contribution in [0, 0.1) is 0 Å². The molecule has 1 aromatic carbocycles. The largest absolute Gasteiger partial charge is 0.254 e. The van der Waals surface area contributed by atoms with Crippen LogP contribution in [-0.2, 0) is 10.8 Å². The Labute approximate surface area is 92.8 Å². The van der Waals surface area contributed by atoms with Gasteiger partial charge >= 0.3 is 0 Å². The molecule has 0 amide bonds. The van der Waals surface area contributed by atoms with Crippen molar-refractivity contribution < 1.29 is 4.21 Å². The predicted molar refractivity (Wildman–Crippen MR) is 64.4 cm³/mol. The fourth-order valence-electron chi connectivity index (χ4n) is 1.05. The Morgan fingerprint density at radius 3 is 2.00 bits per heavy atom. The summed E-state index contributed by atoms with van der Waals surface area (Å²) in [5, 5.41) is 0. The third kappa shape index (κ3) is 2.85. The second-order valence-corrected chi connectivity index (χ2v) is 7.17. The van der Waals surface area contributed by atoms with E-state index in [1.165, 1.54) is 4.90 Å². The number of hydrogen-bond acceptors (Lipinski definition) is 2. The van der Waals surface area contributed by atoms with Gasteiger partial charge in [0.2, 0.25) is 0 Å². The minimum absolute atomic E-state index is 0.180. The molecule has 0 fully saturated rings. The van der Waals surface area contributed by atoms with Crippen LogP contribution < -0.4 is 0 Å². The average molecular weight is 228 g/mol. The zero-order valence-corrected chi connectivity index (χ0v) is 10.7. The maximum absolute atomic E-state index is 12.0. The molecule has 1 atom stereocenters. The Morgan fingerprint density at radius 1 is 1.14 bits per heavy atom. The number of benzene rings is 1. The van der Waals surface area contributed by atoms with Crippen molar-refractivity contribution >= 4 is 22.6 Å². The van der Waals surface area contributed by atoms with Gasteiger partial charge in [-0.1, -0.05) is 0 Å².